The highest BCUT2D eigenvalue weighted by molar-refractivity contribution is 5.79. The molecule has 1 fully saturated rings. The van der Waals surface area contributed by atoms with Gasteiger partial charge in [-0.2, -0.15) is 0 Å². The van der Waals surface area contributed by atoms with Crippen LogP contribution in [0.5, 0.6) is 0 Å². The molecule has 0 spiro atoms. The maximum Gasteiger partial charge on any atom is 0.303 e. The van der Waals surface area contributed by atoms with Gasteiger partial charge in [-0.25, -0.2) is 0 Å². The van der Waals surface area contributed by atoms with Crippen molar-refractivity contribution in [3.8, 4) is 0 Å². The molecule has 0 aromatic carbocycles. The van der Waals surface area contributed by atoms with E-state index in [1.165, 1.54) is 0 Å². The molecule has 0 aromatic rings. The zero-order valence-electron chi connectivity index (χ0n) is 6.41. The fourth-order valence-corrected chi connectivity index (χ4v) is 1.34. The van der Waals surface area contributed by atoms with E-state index in [4.69, 9.17) is 5.11 Å². The number of carbonyl (C=O) groups is 2. The lowest BCUT2D eigenvalue weighted by atomic mass is 10.1. The molecule has 1 heterocycles. The number of carboxylic acids is 1. The molecule has 0 bridgehead atoms. The minimum Gasteiger partial charge on any atom is -0.481 e. The lowest BCUT2D eigenvalue weighted by molar-refractivity contribution is -0.137. The van der Waals surface area contributed by atoms with Crippen LogP contribution >= 0.6 is 0 Å². The van der Waals surface area contributed by atoms with Crippen LogP contribution in [0, 0.1) is 5.92 Å². The summed E-state index contributed by atoms with van der Waals surface area (Å²) in [5.41, 5.74) is 0. The van der Waals surface area contributed by atoms with Crippen LogP contribution in [-0.2, 0) is 9.59 Å². The second-order valence-electron chi connectivity index (χ2n) is 2.94. The monoisotopic (exact) mass is 157 g/mol. The van der Waals surface area contributed by atoms with Gasteiger partial charge in [0.25, 0.3) is 0 Å². The molecule has 62 valence electrons. The molecule has 1 rings (SSSR count). The smallest absolute Gasteiger partial charge is 0.303 e. The summed E-state index contributed by atoms with van der Waals surface area (Å²) in [6.45, 7) is 0.588. The van der Waals surface area contributed by atoms with Crippen LogP contribution in [0.25, 0.3) is 0 Å². The Labute approximate surface area is 64.8 Å². The van der Waals surface area contributed by atoms with Crippen molar-refractivity contribution in [3.63, 3.8) is 0 Å². The van der Waals surface area contributed by atoms with E-state index >= 15 is 0 Å². The fraction of sp³-hybridized carbons (Fsp3) is 0.714. The number of nitrogens with zero attached hydrogens (tertiary/aromatic N) is 1. The lowest BCUT2D eigenvalue weighted by Crippen LogP contribution is -2.19. The molecule has 4 heteroatoms. The first-order valence-electron chi connectivity index (χ1n) is 3.55. The Kier molecular flexibility index (Phi) is 2.12. The van der Waals surface area contributed by atoms with E-state index in [9.17, 15) is 9.59 Å². The molecular formula is C7H11NO3. The van der Waals surface area contributed by atoms with Crippen LogP contribution in [0.1, 0.15) is 12.8 Å². The largest absolute Gasteiger partial charge is 0.481 e. The van der Waals surface area contributed by atoms with Gasteiger partial charge in [0, 0.05) is 20.0 Å². The van der Waals surface area contributed by atoms with E-state index in [2.05, 4.69) is 0 Å². The van der Waals surface area contributed by atoms with Gasteiger partial charge in [-0.3, -0.25) is 9.59 Å². The molecule has 1 saturated heterocycles. The predicted molar refractivity (Wildman–Crippen MR) is 38.0 cm³/mol. The second kappa shape index (κ2) is 2.90. The van der Waals surface area contributed by atoms with Crippen LogP contribution < -0.4 is 0 Å². The van der Waals surface area contributed by atoms with E-state index in [-0.39, 0.29) is 18.2 Å². The summed E-state index contributed by atoms with van der Waals surface area (Å²) in [6, 6.07) is 0. The summed E-state index contributed by atoms with van der Waals surface area (Å²) in [5, 5.41) is 8.42. The normalized spacial score (nSPS) is 24.3. The van der Waals surface area contributed by atoms with E-state index in [1.54, 1.807) is 11.9 Å². The van der Waals surface area contributed by atoms with Gasteiger partial charge in [-0.15, -0.1) is 0 Å². The Morgan fingerprint density at radius 1 is 1.82 bits per heavy atom. The van der Waals surface area contributed by atoms with Crippen LogP contribution in [0.2, 0.25) is 0 Å². The summed E-state index contributed by atoms with van der Waals surface area (Å²) >= 11 is 0. The molecule has 0 aromatic heterocycles. The molecule has 1 aliphatic rings. The Balaban J connectivity index is 2.41. The second-order valence-corrected chi connectivity index (χ2v) is 2.94. The highest BCUT2D eigenvalue weighted by Gasteiger charge is 2.27. The van der Waals surface area contributed by atoms with E-state index in [1.807, 2.05) is 0 Å². The third kappa shape index (κ3) is 1.93. The molecule has 0 saturated carbocycles. The molecular weight excluding hydrogens is 146 g/mol. The predicted octanol–water partition coefficient (Wildman–Crippen LogP) is -0.0606. The topological polar surface area (TPSA) is 57.6 Å². The van der Waals surface area contributed by atoms with Crippen LogP contribution in [0.15, 0.2) is 0 Å². The summed E-state index contributed by atoms with van der Waals surface area (Å²) < 4.78 is 0. The highest BCUT2D eigenvalue weighted by atomic mass is 16.4. The van der Waals surface area contributed by atoms with Crippen molar-refractivity contribution in [2.24, 2.45) is 5.92 Å². The third-order valence-electron chi connectivity index (χ3n) is 1.88. The Morgan fingerprint density at radius 3 is 2.82 bits per heavy atom. The zero-order chi connectivity index (χ0) is 8.43. The molecule has 1 aliphatic heterocycles. The number of aliphatic carboxylic acids is 1. The summed E-state index contributed by atoms with van der Waals surface area (Å²) in [6.07, 6.45) is 0.499. The van der Waals surface area contributed by atoms with E-state index < -0.39 is 5.97 Å². The summed E-state index contributed by atoms with van der Waals surface area (Å²) in [4.78, 5) is 22.7. The molecule has 4 nitrogen and oxygen atoms in total. The quantitative estimate of drug-likeness (QED) is 0.610. The van der Waals surface area contributed by atoms with Gasteiger partial charge < -0.3 is 10.0 Å². The highest BCUT2D eigenvalue weighted by Crippen LogP contribution is 2.18. The molecule has 1 amide bonds. The molecule has 0 radical (unpaired) electrons. The number of carboxylic acid groups (broad SMARTS) is 1. The number of rotatable bonds is 2. The average Bonchev–Trinajstić information content (AvgIpc) is 2.10. The van der Waals surface area contributed by atoms with Gasteiger partial charge in [-0.1, -0.05) is 0 Å². The number of likely N-dealkylation sites (tertiary alicyclic amines) is 1. The van der Waals surface area contributed by atoms with Crippen molar-refractivity contribution in [2.75, 3.05) is 13.6 Å². The average molecular weight is 157 g/mol. The minimum absolute atomic E-state index is 0.0185. The van der Waals surface area contributed by atoms with E-state index in [0.717, 1.165) is 0 Å². The van der Waals surface area contributed by atoms with Crippen molar-refractivity contribution in [3.05, 3.63) is 0 Å². The lowest BCUT2D eigenvalue weighted by Gasteiger charge is -2.06. The number of hydrogen-bond acceptors (Lipinski definition) is 2. The van der Waals surface area contributed by atoms with Crippen molar-refractivity contribution in [2.45, 2.75) is 12.8 Å². The first-order chi connectivity index (χ1) is 5.09. The molecule has 1 atom stereocenters. The van der Waals surface area contributed by atoms with Gasteiger partial charge >= 0.3 is 5.97 Å². The van der Waals surface area contributed by atoms with Crippen molar-refractivity contribution in [1.82, 2.24) is 4.90 Å². The van der Waals surface area contributed by atoms with Crippen molar-refractivity contribution in [1.29, 1.82) is 0 Å². The molecule has 11 heavy (non-hydrogen) atoms. The Hall–Kier alpha value is -1.06. The fourth-order valence-electron chi connectivity index (χ4n) is 1.34. The van der Waals surface area contributed by atoms with E-state index in [0.29, 0.717) is 13.0 Å². The maximum atomic E-state index is 10.9. The Bertz CT molecular complexity index is 188. The standard InChI is InChI=1S/C7H11NO3/c1-8-4-5(2-6(8)9)3-7(10)11/h5H,2-4H2,1H3,(H,10,11)/t5-/m1/s1. The minimum atomic E-state index is -0.821. The van der Waals surface area contributed by atoms with Gasteiger partial charge in [0.1, 0.15) is 0 Å². The summed E-state index contributed by atoms with van der Waals surface area (Å²) in [5.74, 6) is -0.751. The van der Waals surface area contributed by atoms with Crippen molar-refractivity contribution >= 4 is 11.9 Å². The van der Waals surface area contributed by atoms with Crippen LogP contribution in [0.4, 0.5) is 0 Å². The maximum absolute atomic E-state index is 10.9. The number of hydrogen-bond donors (Lipinski definition) is 1. The number of carbonyl (C=O) groups excluding carboxylic acids is 1. The molecule has 1 N–H and O–H groups in total. The summed E-state index contributed by atoms with van der Waals surface area (Å²) in [7, 11) is 1.70. The van der Waals surface area contributed by atoms with Crippen LogP contribution in [0.3, 0.4) is 0 Å². The third-order valence-corrected chi connectivity index (χ3v) is 1.88. The van der Waals surface area contributed by atoms with Gasteiger partial charge in [0.15, 0.2) is 0 Å². The number of amides is 1. The van der Waals surface area contributed by atoms with Gasteiger partial charge in [0.2, 0.25) is 5.91 Å². The first kappa shape index (κ1) is 8.04. The zero-order valence-corrected chi connectivity index (χ0v) is 6.41. The first-order valence-corrected chi connectivity index (χ1v) is 3.55. The molecule has 0 aliphatic carbocycles. The Morgan fingerprint density at radius 2 is 2.45 bits per heavy atom. The van der Waals surface area contributed by atoms with Crippen molar-refractivity contribution < 1.29 is 14.7 Å². The molecule has 0 unspecified atom stereocenters. The van der Waals surface area contributed by atoms with Gasteiger partial charge in [-0.05, 0) is 5.92 Å². The SMILES string of the molecule is CN1C[C@@H](CC(=O)O)CC1=O. The van der Waals surface area contributed by atoms with Gasteiger partial charge in [0.05, 0.1) is 6.42 Å². The van der Waals surface area contributed by atoms with Crippen LogP contribution in [-0.4, -0.2) is 35.5 Å².